The van der Waals surface area contributed by atoms with Crippen LogP contribution in [-0.4, -0.2) is 5.11 Å². The molecule has 1 N–H and O–H groups in total. The van der Waals surface area contributed by atoms with Gasteiger partial charge in [-0.1, -0.05) is 0 Å². The Kier molecular flexibility index (Phi) is 2.10. The lowest BCUT2D eigenvalue weighted by Crippen LogP contribution is -2.04. The van der Waals surface area contributed by atoms with Gasteiger partial charge in [0.05, 0.1) is 0 Å². The predicted octanol–water partition coefficient (Wildman–Crippen LogP) is 2.90. The van der Waals surface area contributed by atoms with Gasteiger partial charge in [0.1, 0.15) is 5.75 Å². The molecule has 0 aliphatic heterocycles. The van der Waals surface area contributed by atoms with Crippen molar-refractivity contribution in [2.75, 3.05) is 0 Å². The summed E-state index contributed by atoms with van der Waals surface area (Å²) >= 11 is 0. The van der Waals surface area contributed by atoms with Crippen LogP contribution in [0, 0.1) is 5.39 Å². The number of aromatic hydroxyl groups is 1. The van der Waals surface area contributed by atoms with Crippen LogP contribution in [0.15, 0.2) is 18.2 Å². The number of diazo groups is 1. The highest BCUT2D eigenvalue weighted by Gasteiger charge is 2.39. The van der Waals surface area contributed by atoms with Crippen molar-refractivity contribution in [1.29, 1.82) is 5.39 Å². The van der Waals surface area contributed by atoms with Crippen molar-refractivity contribution in [2.24, 2.45) is 0 Å². The van der Waals surface area contributed by atoms with Gasteiger partial charge >= 0.3 is 11.9 Å². The molecule has 0 bridgehead atoms. The van der Waals surface area contributed by atoms with Crippen molar-refractivity contribution >= 4 is 5.69 Å². The monoisotopic (exact) mass is 189 g/mol. The standard InChI is InChI=1S/C7H3F3N2O/c8-7(9,10)5-3-4(13)1-2-6(5)12-11/h1-3H/p+1. The molecule has 13 heavy (non-hydrogen) atoms. The van der Waals surface area contributed by atoms with Crippen LogP contribution >= 0.6 is 0 Å². The van der Waals surface area contributed by atoms with Gasteiger partial charge in [-0.3, -0.25) is 0 Å². The molecule has 0 aromatic heterocycles. The van der Waals surface area contributed by atoms with E-state index in [4.69, 9.17) is 10.5 Å². The van der Waals surface area contributed by atoms with Gasteiger partial charge in [0.15, 0.2) is 10.5 Å². The first-order valence-electron chi connectivity index (χ1n) is 3.20. The number of benzene rings is 1. The molecule has 0 spiro atoms. The Morgan fingerprint density at radius 2 is 1.92 bits per heavy atom. The van der Waals surface area contributed by atoms with Crippen LogP contribution < -0.4 is 0 Å². The average molecular weight is 189 g/mol. The van der Waals surface area contributed by atoms with Crippen LogP contribution in [0.4, 0.5) is 18.9 Å². The molecule has 6 heteroatoms. The molecule has 68 valence electrons. The zero-order valence-electron chi connectivity index (χ0n) is 6.21. The molecule has 0 saturated carbocycles. The molecule has 0 fully saturated rings. The number of phenolic OH excluding ortho intramolecular Hbond substituents is 1. The number of nitrogens with zero attached hydrogens (tertiary/aromatic N) is 2. The molecule has 0 unspecified atom stereocenters. The molecular formula is C7H4F3N2O+. The fourth-order valence-corrected chi connectivity index (χ4v) is 0.838. The van der Waals surface area contributed by atoms with E-state index in [9.17, 15) is 13.2 Å². The summed E-state index contributed by atoms with van der Waals surface area (Å²) in [7, 11) is 0. The summed E-state index contributed by atoms with van der Waals surface area (Å²) in [5, 5.41) is 17.0. The van der Waals surface area contributed by atoms with Gasteiger partial charge in [-0.05, 0) is 6.07 Å². The lowest BCUT2D eigenvalue weighted by Gasteiger charge is -2.02. The second-order valence-corrected chi connectivity index (χ2v) is 2.30. The first kappa shape index (κ1) is 9.32. The summed E-state index contributed by atoms with van der Waals surface area (Å²) in [4.78, 5) is 2.45. The van der Waals surface area contributed by atoms with Crippen LogP contribution in [0.3, 0.4) is 0 Å². The van der Waals surface area contributed by atoms with Crippen molar-refractivity contribution < 1.29 is 18.3 Å². The molecule has 0 atom stereocenters. The van der Waals surface area contributed by atoms with Crippen LogP contribution in [0.25, 0.3) is 4.98 Å². The van der Waals surface area contributed by atoms with Gasteiger partial charge < -0.3 is 5.11 Å². The zero-order valence-corrected chi connectivity index (χ0v) is 6.21. The third-order valence-corrected chi connectivity index (χ3v) is 1.39. The van der Waals surface area contributed by atoms with Crippen molar-refractivity contribution in [1.82, 2.24) is 0 Å². The van der Waals surface area contributed by atoms with Gasteiger partial charge in [-0.25, -0.2) is 0 Å². The second-order valence-electron chi connectivity index (χ2n) is 2.30. The van der Waals surface area contributed by atoms with E-state index in [0.29, 0.717) is 6.07 Å². The van der Waals surface area contributed by atoms with Gasteiger partial charge in [-0.15, -0.1) is 0 Å². The highest BCUT2D eigenvalue weighted by molar-refractivity contribution is 5.55. The number of rotatable bonds is 0. The van der Waals surface area contributed by atoms with E-state index in [1.165, 1.54) is 0 Å². The van der Waals surface area contributed by atoms with Crippen LogP contribution in [0.1, 0.15) is 5.56 Å². The van der Waals surface area contributed by atoms with E-state index in [1.807, 2.05) is 0 Å². The van der Waals surface area contributed by atoms with Crippen molar-refractivity contribution in [3.05, 3.63) is 28.7 Å². The molecule has 0 saturated heterocycles. The number of hydrogen-bond acceptors (Lipinski definition) is 2. The Balaban J connectivity index is 3.35. The van der Waals surface area contributed by atoms with Gasteiger partial charge in [-0.2, -0.15) is 13.2 Å². The maximum absolute atomic E-state index is 12.1. The predicted molar refractivity (Wildman–Crippen MR) is 37.9 cm³/mol. The molecular weight excluding hydrogens is 185 g/mol. The third-order valence-electron chi connectivity index (χ3n) is 1.39. The molecule has 0 aliphatic carbocycles. The number of phenols is 1. The van der Waals surface area contributed by atoms with E-state index in [-0.39, 0.29) is 0 Å². The summed E-state index contributed by atoms with van der Waals surface area (Å²) in [6, 6.07) is 2.37. The highest BCUT2D eigenvalue weighted by Crippen LogP contribution is 2.38. The average Bonchev–Trinajstić information content (AvgIpc) is 2.03. The van der Waals surface area contributed by atoms with E-state index in [2.05, 4.69) is 4.98 Å². The van der Waals surface area contributed by atoms with E-state index in [0.717, 1.165) is 12.1 Å². The van der Waals surface area contributed by atoms with Gasteiger partial charge in [0.2, 0.25) is 5.39 Å². The molecule has 3 nitrogen and oxygen atoms in total. The lowest BCUT2D eigenvalue weighted by molar-refractivity contribution is -0.137. The van der Waals surface area contributed by atoms with E-state index >= 15 is 0 Å². The molecule has 1 aromatic carbocycles. The number of alkyl halides is 3. The summed E-state index contributed by atoms with van der Waals surface area (Å²) < 4.78 is 36.4. The Bertz CT molecular complexity index is 367. The van der Waals surface area contributed by atoms with Crippen LogP contribution in [-0.2, 0) is 6.18 Å². The largest absolute Gasteiger partial charge is 0.508 e. The number of halogens is 3. The van der Waals surface area contributed by atoms with Gasteiger partial charge in [0, 0.05) is 12.1 Å². The van der Waals surface area contributed by atoms with Gasteiger partial charge in [0.25, 0.3) is 0 Å². The summed E-state index contributed by atoms with van der Waals surface area (Å²) in [5.74, 6) is -0.528. The first-order chi connectivity index (χ1) is 5.95. The SMILES string of the molecule is N#[N+]c1ccc(O)cc1C(F)(F)F. The Labute approximate surface area is 71.0 Å². The van der Waals surface area contributed by atoms with E-state index in [1.54, 1.807) is 0 Å². The lowest BCUT2D eigenvalue weighted by atomic mass is 10.1. The molecule has 0 amide bonds. The van der Waals surface area contributed by atoms with Crippen molar-refractivity contribution in [3.8, 4) is 5.75 Å². The number of hydrogen-bond donors (Lipinski definition) is 1. The first-order valence-corrected chi connectivity index (χ1v) is 3.20. The Hall–Kier alpha value is -1.77. The topological polar surface area (TPSA) is 48.4 Å². The maximum Gasteiger partial charge on any atom is 0.424 e. The molecule has 0 heterocycles. The maximum atomic E-state index is 12.1. The molecule has 0 radical (unpaired) electrons. The molecule has 0 aliphatic rings. The summed E-state index contributed by atoms with van der Waals surface area (Å²) in [6.45, 7) is 0. The smallest absolute Gasteiger partial charge is 0.424 e. The van der Waals surface area contributed by atoms with Crippen LogP contribution in [0.2, 0.25) is 0 Å². The fraction of sp³-hybridized carbons (Fsp3) is 0.143. The Morgan fingerprint density at radius 1 is 1.31 bits per heavy atom. The molecule has 1 rings (SSSR count). The fourth-order valence-electron chi connectivity index (χ4n) is 0.838. The summed E-state index contributed by atoms with van der Waals surface area (Å²) in [6.07, 6.45) is -4.64. The quantitative estimate of drug-likeness (QED) is 0.638. The van der Waals surface area contributed by atoms with Crippen molar-refractivity contribution in [3.63, 3.8) is 0 Å². The van der Waals surface area contributed by atoms with Crippen LogP contribution in [0.5, 0.6) is 5.75 Å². The van der Waals surface area contributed by atoms with Crippen molar-refractivity contribution in [2.45, 2.75) is 6.18 Å². The highest BCUT2D eigenvalue weighted by atomic mass is 19.4. The summed E-state index contributed by atoms with van der Waals surface area (Å²) in [5.41, 5.74) is -1.79. The Morgan fingerprint density at radius 3 is 2.38 bits per heavy atom. The zero-order chi connectivity index (χ0) is 10.1. The third kappa shape index (κ3) is 1.87. The molecule has 1 aromatic rings. The van der Waals surface area contributed by atoms with E-state index < -0.39 is 23.2 Å². The minimum Gasteiger partial charge on any atom is -0.508 e. The second kappa shape index (κ2) is 2.94. The minimum absolute atomic E-state index is 0.495. The normalized spacial score (nSPS) is 10.9. The minimum atomic E-state index is -4.64.